The number of primary amides is 1. The van der Waals surface area contributed by atoms with Crippen LogP contribution in [-0.2, 0) is 0 Å². The summed E-state index contributed by atoms with van der Waals surface area (Å²) in [5.41, 5.74) is 6.68. The standard InChI is InChI=1S/C19H25N5O2/c1-2-12-23(14-8-10-21-11-9-14)19(26)16-13-17(18(20)25)24(22-16)15-6-4-3-5-7-15/h3-7,13-14,21H,2,8-12H2,1H3,(H2,20,25). The van der Waals surface area contributed by atoms with Crippen molar-refractivity contribution in [1.29, 1.82) is 0 Å². The Morgan fingerprint density at radius 2 is 1.96 bits per heavy atom. The van der Waals surface area contributed by atoms with Crippen LogP contribution in [-0.4, -0.2) is 52.2 Å². The summed E-state index contributed by atoms with van der Waals surface area (Å²) in [5, 5.41) is 7.73. The van der Waals surface area contributed by atoms with Crippen molar-refractivity contribution >= 4 is 11.8 Å². The predicted molar refractivity (Wildman–Crippen MR) is 99.3 cm³/mol. The van der Waals surface area contributed by atoms with Gasteiger partial charge in [0.25, 0.3) is 11.8 Å². The minimum atomic E-state index is -0.607. The molecule has 0 aliphatic carbocycles. The number of aromatic nitrogens is 2. The average molecular weight is 355 g/mol. The molecule has 7 heteroatoms. The highest BCUT2D eigenvalue weighted by molar-refractivity contribution is 5.97. The molecule has 2 amide bonds. The van der Waals surface area contributed by atoms with Crippen LogP contribution in [0.5, 0.6) is 0 Å². The van der Waals surface area contributed by atoms with Gasteiger partial charge in [0.2, 0.25) is 0 Å². The molecule has 1 saturated heterocycles. The van der Waals surface area contributed by atoms with Gasteiger partial charge in [-0.05, 0) is 44.5 Å². The van der Waals surface area contributed by atoms with E-state index in [1.165, 1.54) is 10.7 Å². The van der Waals surface area contributed by atoms with Crippen LogP contribution in [0.4, 0.5) is 0 Å². The van der Waals surface area contributed by atoms with E-state index in [4.69, 9.17) is 5.73 Å². The molecule has 1 aromatic carbocycles. The molecule has 3 rings (SSSR count). The van der Waals surface area contributed by atoms with E-state index in [1.807, 2.05) is 35.2 Å². The Morgan fingerprint density at radius 1 is 1.27 bits per heavy atom. The topological polar surface area (TPSA) is 93.2 Å². The molecule has 0 spiro atoms. The number of rotatable bonds is 6. The number of nitrogens with two attached hydrogens (primary N) is 1. The first kappa shape index (κ1) is 18.1. The van der Waals surface area contributed by atoms with Gasteiger partial charge in [0, 0.05) is 18.7 Å². The van der Waals surface area contributed by atoms with Crippen molar-refractivity contribution in [3.05, 3.63) is 47.8 Å². The van der Waals surface area contributed by atoms with E-state index in [2.05, 4.69) is 17.3 Å². The second-order valence-corrected chi connectivity index (χ2v) is 6.51. The first-order chi connectivity index (χ1) is 12.6. The van der Waals surface area contributed by atoms with Crippen LogP contribution < -0.4 is 11.1 Å². The van der Waals surface area contributed by atoms with Crippen molar-refractivity contribution in [3.8, 4) is 5.69 Å². The number of benzene rings is 1. The fraction of sp³-hybridized carbons (Fsp3) is 0.421. The molecule has 0 atom stereocenters. The Morgan fingerprint density at radius 3 is 2.58 bits per heavy atom. The van der Waals surface area contributed by atoms with Crippen molar-refractivity contribution in [1.82, 2.24) is 20.0 Å². The summed E-state index contributed by atoms with van der Waals surface area (Å²) in [6.07, 6.45) is 2.72. The summed E-state index contributed by atoms with van der Waals surface area (Å²) < 4.78 is 1.45. The maximum absolute atomic E-state index is 13.1. The van der Waals surface area contributed by atoms with Crippen LogP contribution in [0.25, 0.3) is 5.69 Å². The summed E-state index contributed by atoms with van der Waals surface area (Å²) >= 11 is 0. The van der Waals surface area contributed by atoms with Gasteiger partial charge in [0.15, 0.2) is 5.69 Å². The minimum absolute atomic E-state index is 0.143. The number of piperidine rings is 1. The van der Waals surface area contributed by atoms with E-state index in [1.54, 1.807) is 0 Å². The molecular formula is C19H25N5O2. The van der Waals surface area contributed by atoms with Gasteiger partial charge in [-0.3, -0.25) is 9.59 Å². The van der Waals surface area contributed by atoms with Crippen molar-refractivity contribution in [2.75, 3.05) is 19.6 Å². The lowest BCUT2D eigenvalue weighted by atomic mass is 10.0. The fourth-order valence-electron chi connectivity index (χ4n) is 3.38. The van der Waals surface area contributed by atoms with Gasteiger partial charge in [0.05, 0.1) is 5.69 Å². The monoisotopic (exact) mass is 355 g/mol. The molecule has 0 bridgehead atoms. The maximum Gasteiger partial charge on any atom is 0.274 e. The Kier molecular flexibility index (Phi) is 5.68. The molecule has 0 saturated carbocycles. The Labute approximate surface area is 153 Å². The number of amides is 2. The molecule has 2 aromatic rings. The molecule has 1 aliphatic rings. The SMILES string of the molecule is CCCN(C(=O)c1cc(C(N)=O)n(-c2ccccc2)n1)C1CCNCC1. The van der Waals surface area contributed by atoms with Gasteiger partial charge in [-0.25, -0.2) is 4.68 Å². The lowest BCUT2D eigenvalue weighted by Crippen LogP contribution is -2.46. The maximum atomic E-state index is 13.1. The molecule has 7 nitrogen and oxygen atoms in total. The van der Waals surface area contributed by atoms with E-state index < -0.39 is 5.91 Å². The second-order valence-electron chi connectivity index (χ2n) is 6.51. The quantitative estimate of drug-likeness (QED) is 0.823. The summed E-state index contributed by atoms with van der Waals surface area (Å²) in [7, 11) is 0. The third-order valence-corrected chi connectivity index (χ3v) is 4.66. The van der Waals surface area contributed by atoms with Crippen LogP contribution in [0.2, 0.25) is 0 Å². The third kappa shape index (κ3) is 3.77. The molecule has 1 fully saturated rings. The van der Waals surface area contributed by atoms with Gasteiger partial charge in [-0.1, -0.05) is 25.1 Å². The van der Waals surface area contributed by atoms with Crippen LogP contribution >= 0.6 is 0 Å². The zero-order chi connectivity index (χ0) is 18.5. The van der Waals surface area contributed by atoms with E-state index in [0.717, 1.165) is 32.4 Å². The summed E-state index contributed by atoms with van der Waals surface area (Å²) in [6, 6.07) is 10.9. The van der Waals surface area contributed by atoms with E-state index in [9.17, 15) is 9.59 Å². The summed E-state index contributed by atoms with van der Waals surface area (Å²) in [6.45, 7) is 4.54. The second kappa shape index (κ2) is 8.14. The molecule has 1 aromatic heterocycles. The lowest BCUT2D eigenvalue weighted by Gasteiger charge is -2.34. The number of carbonyl (C=O) groups is 2. The van der Waals surface area contributed by atoms with E-state index in [0.29, 0.717) is 12.2 Å². The van der Waals surface area contributed by atoms with E-state index >= 15 is 0 Å². The highest BCUT2D eigenvalue weighted by atomic mass is 16.2. The molecular weight excluding hydrogens is 330 g/mol. The molecule has 2 heterocycles. The Balaban J connectivity index is 1.94. The van der Waals surface area contributed by atoms with Crippen LogP contribution in [0.3, 0.4) is 0 Å². The Hall–Kier alpha value is -2.67. The number of carbonyl (C=O) groups excluding carboxylic acids is 2. The first-order valence-electron chi connectivity index (χ1n) is 9.08. The molecule has 1 aliphatic heterocycles. The number of nitrogens with one attached hydrogen (secondary N) is 1. The minimum Gasteiger partial charge on any atom is -0.364 e. The average Bonchev–Trinajstić information content (AvgIpc) is 3.13. The fourth-order valence-corrected chi connectivity index (χ4v) is 3.38. The normalized spacial score (nSPS) is 15.0. The van der Waals surface area contributed by atoms with Gasteiger partial charge in [-0.15, -0.1) is 0 Å². The first-order valence-corrected chi connectivity index (χ1v) is 9.08. The zero-order valence-corrected chi connectivity index (χ0v) is 15.0. The third-order valence-electron chi connectivity index (χ3n) is 4.66. The van der Waals surface area contributed by atoms with Gasteiger partial charge in [-0.2, -0.15) is 5.10 Å². The molecule has 0 radical (unpaired) electrons. The van der Waals surface area contributed by atoms with Gasteiger partial charge < -0.3 is 16.0 Å². The molecule has 0 unspecified atom stereocenters. The molecule has 138 valence electrons. The summed E-state index contributed by atoms with van der Waals surface area (Å²) in [4.78, 5) is 26.9. The molecule has 3 N–H and O–H groups in total. The Bertz CT molecular complexity index is 765. The van der Waals surface area contributed by atoms with Crippen molar-refractivity contribution < 1.29 is 9.59 Å². The van der Waals surface area contributed by atoms with Crippen molar-refractivity contribution in [2.45, 2.75) is 32.2 Å². The van der Waals surface area contributed by atoms with Crippen LogP contribution in [0.1, 0.15) is 47.2 Å². The van der Waals surface area contributed by atoms with Crippen LogP contribution in [0, 0.1) is 0 Å². The smallest absolute Gasteiger partial charge is 0.274 e. The number of hydrogen-bond donors (Lipinski definition) is 2. The number of nitrogens with zero attached hydrogens (tertiary/aromatic N) is 3. The largest absolute Gasteiger partial charge is 0.364 e. The number of hydrogen-bond acceptors (Lipinski definition) is 4. The van der Waals surface area contributed by atoms with E-state index in [-0.39, 0.29) is 23.3 Å². The van der Waals surface area contributed by atoms with Gasteiger partial charge >= 0.3 is 0 Å². The van der Waals surface area contributed by atoms with Gasteiger partial charge in [0.1, 0.15) is 5.69 Å². The summed E-state index contributed by atoms with van der Waals surface area (Å²) in [5.74, 6) is -0.750. The number of para-hydroxylation sites is 1. The van der Waals surface area contributed by atoms with Crippen LogP contribution in [0.15, 0.2) is 36.4 Å². The zero-order valence-electron chi connectivity index (χ0n) is 15.0. The predicted octanol–water partition coefficient (Wildman–Crippen LogP) is 1.58. The molecule has 26 heavy (non-hydrogen) atoms. The highest BCUT2D eigenvalue weighted by Crippen LogP contribution is 2.18. The van der Waals surface area contributed by atoms with Crippen molar-refractivity contribution in [3.63, 3.8) is 0 Å². The lowest BCUT2D eigenvalue weighted by molar-refractivity contribution is 0.0636. The van der Waals surface area contributed by atoms with Crippen molar-refractivity contribution in [2.24, 2.45) is 5.73 Å². The highest BCUT2D eigenvalue weighted by Gasteiger charge is 2.28.